The van der Waals surface area contributed by atoms with Crippen molar-refractivity contribution in [3.63, 3.8) is 0 Å². The maximum atomic E-state index is 11.7. The van der Waals surface area contributed by atoms with Gasteiger partial charge in [-0.3, -0.25) is 4.72 Å². The fraction of sp³-hybridized carbons (Fsp3) is 0. The number of H-pyrrole nitrogens is 1. The Morgan fingerprint density at radius 1 is 1.44 bits per heavy atom. The van der Waals surface area contributed by atoms with Crippen molar-refractivity contribution in [2.75, 3.05) is 4.72 Å². The van der Waals surface area contributed by atoms with Crippen molar-refractivity contribution in [3.05, 3.63) is 35.9 Å². The zero-order valence-electron chi connectivity index (χ0n) is 7.88. The van der Waals surface area contributed by atoms with Gasteiger partial charge in [0, 0.05) is 17.3 Å². The second-order valence-corrected chi connectivity index (χ2v) is 4.97. The normalized spacial score (nSPS) is 11.3. The summed E-state index contributed by atoms with van der Waals surface area (Å²) >= 11 is 5.70. The molecular weight excluding hydrogens is 252 g/mol. The molecule has 0 bridgehead atoms. The number of rotatable bonds is 3. The Hall–Kier alpha value is -1.60. The summed E-state index contributed by atoms with van der Waals surface area (Å²) in [6.07, 6.45) is 3.89. The SMILES string of the molecule is O=S(=O)(Nc1cc(Cl)ccn1)c1cnc[nH]1. The molecule has 0 aliphatic heterocycles. The first-order valence-electron chi connectivity index (χ1n) is 4.21. The van der Waals surface area contributed by atoms with E-state index in [1.165, 1.54) is 24.8 Å². The highest BCUT2D eigenvalue weighted by molar-refractivity contribution is 7.92. The number of aromatic amines is 1. The van der Waals surface area contributed by atoms with E-state index in [1.807, 2.05) is 0 Å². The molecule has 2 aromatic rings. The molecule has 8 heteroatoms. The van der Waals surface area contributed by atoms with Crippen LogP contribution in [0.4, 0.5) is 5.82 Å². The molecule has 0 spiro atoms. The Morgan fingerprint density at radius 3 is 2.88 bits per heavy atom. The largest absolute Gasteiger partial charge is 0.334 e. The van der Waals surface area contributed by atoms with Crippen LogP contribution in [0.5, 0.6) is 0 Å². The monoisotopic (exact) mass is 258 g/mol. The highest BCUT2D eigenvalue weighted by Crippen LogP contribution is 2.15. The van der Waals surface area contributed by atoms with E-state index in [4.69, 9.17) is 11.6 Å². The van der Waals surface area contributed by atoms with Gasteiger partial charge in [0.15, 0.2) is 5.03 Å². The third-order valence-electron chi connectivity index (χ3n) is 1.72. The zero-order chi connectivity index (χ0) is 11.6. The van der Waals surface area contributed by atoms with Crippen LogP contribution in [-0.2, 0) is 10.0 Å². The number of sulfonamides is 1. The van der Waals surface area contributed by atoms with Crippen LogP contribution in [0.2, 0.25) is 5.02 Å². The van der Waals surface area contributed by atoms with E-state index in [1.54, 1.807) is 6.07 Å². The van der Waals surface area contributed by atoms with Crippen LogP contribution < -0.4 is 4.72 Å². The van der Waals surface area contributed by atoms with E-state index < -0.39 is 10.0 Å². The van der Waals surface area contributed by atoms with E-state index in [0.29, 0.717) is 5.02 Å². The summed E-state index contributed by atoms with van der Waals surface area (Å²) in [5.41, 5.74) is 0. The van der Waals surface area contributed by atoms with Crippen LogP contribution >= 0.6 is 11.6 Å². The minimum Gasteiger partial charge on any atom is -0.334 e. The van der Waals surface area contributed by atoms with Crippen LogP contribution in [0, 0.1) is 0 Å². The third kappa shape index (κ3) is 2.31. The van der Waals surface area contributed by atoms with Crippen molar-refractivity contribution < 1.29 is 8.42 Å². The molecule has 2 N–H and O–H groups in total. The van der Waals surface area contributed by atoms with Gasteiger partial charge in [-0.05, 0) is 6.07 Å². The molecule has 2 rings (SSSR count). The second kappa shape index (κ2) is 4.11. The van der Waals surface area contributed by atoms with Crippen LogP contribution in [0.15, 0.2) is 35.9 Å². The fourth-order valence-electron chi connectivity index (χ4n) is 1.04. The number of nitrogens with zero attached hydrogens (tertiary/aromatic N) is 2. The molecule has 84 valence electrons. The molecule has 2 aromatic heterocycles. The van der Waals surface area contributed by atoms with Crippen molar-refractivity contribution in [2.24, 2.45) is 0 Å². The van der Waals surface area contributed by atoms with Crippen LogP contribution in [0.3, 0.4) is 0 Å². The van der Waals surface area contributed by atoms with Gasteiger partial charge in [-0.25, -0.2) is 9.97 Å². The maximum Gasteiger partial charge on any atom is 0.280 e. The van der Waals surface area contributed by atoms with E-state index in [9.17, 15) is 8.42 Å². The minimum absolute atomic E-state index is 0.0331. The molecule has 0 fully saturated rings. The Balaban J connectivity index is 2.29. The topological polar surface area (TPSA) is 87.7 Å². The Morgan fingerprint density at radius 2 is 2.25 bits per heavy atom. The predicted octanol–water partition coefficient (Wildman–Crippen LogP) is 1.26. The Labute approximate surface area is 96.8 Å². The minimum atomic E-state index is -3.68. The van der Waals surface area contributed by atoms with Gasteiger partial charge in [0.1, 0.15) is 5.82 Å². The number of pyridine rings is 1. The molecular formula is C8H7ClN4O2S. The van der Waals surface area contributed by atoms with Gasteiger partial charge < -0.3 is 4.98 Å². The van der Waals surface area contributed by atoms with Crippen LogP contribution in [0.1, 0.15) is 0 Å². The van der Waals surface area contributed by atoms with E-state index >= 15 is 0 Å². The fourth-order valence-corrected chi connectivity index (χ4v) is 2.11. The number of anilines is 1. The van der Waals surface area contributed by atoms with Crippen molar-refractivity contribution in [3.8, 4) is 0 Å². The second-order valence-electron chi connectivity index (χ2n) is 2.88. The van der Waals surface area contributed by atoms with Gasteiger partial charge in [0.25, 0.3) is 10.0 Å². The first kappa shape index (κ1) is 10.9. The van der Waals surface area contributed by atoms with E-state index in [2.05, 4.69) is 19.7 Å². The first-order valence-corrected chi connectivity index (χ1v) is 6.07. The lowest BCUT2D eigenvalue weighted by molar-refractivity contribution is 0.598. The van der Waals surface area contributed by atoms with Gasteiger partial charge in [-0.1, -0.05) is 11.6 Å². The Kier molecular flexibility index (Phi) is 2.80. The number of aromatic nitrogens is 3. The van der Waals surface area contributed by atoms with E-state index in [0.717, 1.165) is 0 Å². The summed E-state index contributed by atoms with van der Waals surface area (Å²) < 4.78 is 25.7. The molecule has 0 atom stereocenters. The van der Waals surface area contributed by atoms with Gasteiger partial charge >= 0.3 is 0 Å². The predicted molar refractivity (Wildman–Crippen MR) is 58.6 cm³/mol. The molecule has 6 nitrogen and oxygen atoms in total. The summed E-state index contributed by atoms with van der Waals surface area (Å²) in [5, 5.41) is 0.367. The van der Waals surface area contributed by atoms with Crippen molar-refractivity contribution in [1.82, 2.24) is 15.0 Å². The average Bonchev–Trinajstić information content (AvgIpc) is 2.69. The quantitative estimate of drug-likeness (QED) is 0.868. The molecule has 0 aliphatic carbocycles. The van der Waals surface area contributed by atoms with Crippen molar-refractivity contribution in [1.29, 1.82) is 0 Å². The molecule has 0 aromatic carbocycles. The summed E-state index contributed by atoms with van der Waals surface area (Å²) in [4.78, 5) is 9.94. The molecule has 2 heterocycles. The molecule has 0 amide bonds. The number of imidazole rings is 1. The summed E-state index contributed by atoms with van der Waals surface area (Å²) in [6.45, 7) is 0. The lowest BCUT2D eigenvalue weighted by Gasteiger charge is -2.04. The van der Waals surface area contributed by atoms with Gasteiger partial charge in [-0.15, -0.1) is 0 Å². The maximum absolute atomic E-state index is 11.7. The molecule has 16 heavy (non-hydrogen) atoms. The highest BCUT2D eigenvalue weighted by Gasteiger charge is 2.15. The smallest absolute Gasteiger partial charge is 0.280 e. The molecule has 0 saturated carbocycles. The standard InChI is InChI=1S/C8H7ClN4O2S/c9-6-1-2-11-7(3-6)13-16(14,15)8-4-10-5-12-8/h1-5H,(H,10,12)(H,11,13). The number of hydrogen-bond donors (Lipinski definition) is 2. The van der Waals surface area contributed by atoms with E-state index in [-0.39, 0.29) is 10.8 Å². The lowest BCUT2D eigenvalue weighted by atomic mass is 10.5. The summed E-state index contributed by atoms with van der Waals surface area (Å²) in [6, 6.07) is 2.96. The first-order chi connectivity index (χ1) is 7.58. The van der Waals surface area contributed by atoms with Crippen molar-refractivity contribution in [2.45, 2.75) is 5.03 Å². The number of hydrogen-bond acceptors (Lipinski definition) is 4. The lowest BCUT2D eigenvalue weighted by Crippen LogP contribution is -2.14. The molecule has 0 radical (unpaired) electrons. The van der Waals surface area contributed by atoms with Gasteiger partial charge in [0.05, 0.1) is 12.5 Å². The summed E-state index contributed by atoms with van der Waals surface area (Å²) in [7, 11) is -3.68. The van der Waals surface area contributed by atoms with Crippen LogP contribution in [-0.4, -0.2) is 23.4 Å². The van der Waals surface area contributed by atoms with Crippen LogP contribution in [0.25, 0.3) is 0 Å². The van der Waals surface area contributed by atoms with Gasteiger partial charge in [-0.2, -0.15) is 8.42 Å². The molecule has 0 aliphatic rings. The Bertz CT molecular complexity index is 582. The zero-order valence-corrected chi connectivity index (χ0v) is 9.46. The third-order valence-corrected chi connectivity index (χ3v) is 3.24. The van der Waals surface area contributed by atoms with Gasteiger partial charge in [0.2, 0.25) is 0 Å². The highest BCUT2D eigenvalue weighted by atomic mass is 35.5. The molecule has 0 unspecified atom stereocenters. The van der Waals surface area contributed by atoms with Crippen molar-refractivity contribution >= 4 is 27.4 Å². The number of nitrogens with one attached hydrogen (secondary N) is 2. The number of halogens is 1. The molecule has 0 saturated heterocycles. The summed E-state index contributed by atoms with van der Waals surface area (Å²) in [5.74, 6) is 0.155. The average molecular weight is 259 g/mol.